The quantitative estimate of drug-likeness (QED) is 0.855. The maximum Gasteiger partial charge on any atom is 0.408 e. The van der Waals surface area contributed by atoms with E-state index in [0.717, 1.165) is 16.3 Å². The standard InChI is InChI=1S/C15H17N3O3S/c1-15(2,3)21-14(19)16-8-13-17-12(9-22-13)10-4-6-11(18-20)7-5-10/h4-7,9H,8H2,1-3H3,(H,16,19). The van der Waals surface area contributed by atoms with Crippen molar-refractivity contribution in [3.8, 4) is 11.3 Å². The zero-order valence-corrected chi connectivity index (χ0v) is 13.4. The molecule has 0 fully saturated rings. The van der Waals surface area contributed by atoms with E-state index in [1.165, 1.54) is 11.3 Å². The molecule has 1 amide bonds. The van der Waals surface area contributed by atoms with E-state index in [1.54, 1.807) is 24.3 Å². The van der Waals surface area contributed by atoms with Crippen LogP contribution in [0, 0.1) is 4.91 Å². The number of ether oxygens (including phenoxy) is 1. The van der Waals surface area contributed by atoms with Crippen LogP contribution in [0.1, 0.15) is 25.8 Å². The first kappa shape index (κ1) is 16.1. The lowest BCUT2D eigenvalue weighted by Crippen LogP contribution is -2.32. The van der Waals surface area contributed by atoms with Crippen molar-refractivity contribution in [2.45, 2.75) is 32.9 Å². The highest BCUT2D eigenvalue weighted by molar-refractivity contribution is 7.09. The van der Waals surface area contributed by atoms with Crippen LogP contribution in [0.3, 0.4) is 0 Å². The predicted octanol–water partition coefficient (Wildman–Crippen LogP) is 4.23. The smallest absolute Gasteiger partial charge is 0.408 e. The third kappa shape index (κ3) is 4.63. The maximum atomic E-state index is 11.6. The number of carbonyl (C=O) groups excluding carboxylic acids is 1. The van der Waals surface area contributed by atoms with Gasteiger partial charge in [-0.15, -0.1) is 16.2 Å². The second-order valence-corrected chi connectivity index (χ2v) is 6.56. The molecule has 0 radical (unpaired) electrons. The lowest BCUT2D eigenvalue weighted by molar-refractivity contribution is 0.0523. The molecule has 0 aliphatic heterocycles. The average molecular weight is 319 g/mol. The van der Waals surface area contributed by atoms with Crippen molar-refractivity contribution in [3.63, 3.8) is 0 Å². The van der Waals surface area contributed by atoms with Crippen LogP contribution < -0.4 is 5.32 Å². The van der Waals surface area contributed by atoms with E-state index in [0.29, 0.717) is 12.2 Å². The van der Waals surface area contributed by atoms with Gasteiger partial charge in [-0.25, -0.2) is 9.78 Å². The SMILES string of the molecule is CC(C)(C)OC(=O)NCc1nc(-c2ccc(N=O)cc2)cs1. The maximum absolute atomic E-state index is 11.6. The molecule has 0 aliphatic rings. The summed E-state index contributed by atoms with van der Waals surface area (Å²) in [6.07, 6.45) is -0.467. The Balaban J connectivity index is 1.96. The number of benzene rings is 1. The van der Waals surface area contributed by atoms with E-state index < -0.39 is 11.7 Å². The molecule has 0 saturated heterocycles. The Morgan fingerprint density at radius 1 is 1.32 bits per heavy atom. The number of carbonyl (C=O) groups is 1. The topological polar surface area (TPSA) is 80.7 Å². The molecule has 6 nitrogen and oxygen atoms in total. The third-order valence-corrected chi connectivity index (χ3v) is 3.45. The molecular formula is C15H17N3O3S. The molecule has 1 N–H and O–H groups in total. The fourth-order valence-corrected chi connectivity index (χ4v) is 2.42. The zero-order chi connectivity index (χ0) is 16.2. The van der Waals surface area contributed by atoms with Gasteiger partial charge in [0.05, 0.1) is 12.2 Å². The van der Waals surface area contributed by atoms with Gasteiger partial charge < -0.3 is 10.1 Å². The lowest BCUT2D eigenvalue weighted by Gasteiger charge is -2.19. The minimum atomic E-state index is -0.521. The number of rotatable bonds is 4. The van der Waals surface area contributed by atoms with Crippen molar-refractivity contribution in [1.29, 1.82) is 0 Å². The minimum absolute atomic E-state index is 0.313. The normalized spacial score (nSPS) is 11.0. The molecular weight excluding hydrogens is 302 g/mol. The van der Waals surface area contributed by atoms with Crippen molar-refractivity contribution in [2.24, 2.45) is 5.18 Å². The van der Waals surface area contributed by atoms with Gasteiger partial charge in [-0.05, 0) is 38.1 Å². The van der Waals surface area contributed by atoms with Crippen LogP contribution in [0.25, 0.3) is 11.3 Å². The van der Waals surface area contributed by atoms with Crippen LogP contribution in [-0.4, -0.2) is 16.7 Å². The average Bonchev–Trinajstić information content (AvgIpc) is 2.92. The number of hydrogen-bond acceptors (Lipinski definition) is 6. The summed E-state index contributed by atoms with van der Waals surface area (Å²) >= 11 is 1.45. The van der Waals surface area contributed by atoms with Gasteiger partial charge in [-0.2, -0.15) is 0 Å². The summed E-state index contributed by atoms with van der Waals surface area (Å²) in [5.41, 5.74) is 1.55. The first-order valence-electron chi connectivity index (χ1n) is 6.72. The molecule has 0 saturated carbocycles. The van der Waals surface area contributed by atoms with Crippen molar-refractivity contribution in [1.82, 2.24) is 10.3 Å². The zero-order valence-electron chi connectivity index (χ0n) is 12.6. The molecule has 116 valence electrons. The van der Waals surface area contributed by atoms with Gasteiger partial charge >= 0.3 is 6.09 Å². The fraction of sp³-hybridized carbons (Fsp3) is 0.333. The summed E-state index contributed by atoms with van der Waals surface area (Å²) in [4.78, 5) is 26.4. The first-order chi connectivity index (χ1) is 10.4. The molecule has 0 aliphatic carbocycles. The summed E-state index contributed by atoms with van der Waals surface area (Å²) < 4.78 is 5.16. The third-order valence-electron chi connectivity index (χ3n) is 2.60. The van der Waals surface area contributed by atoms with Crippen LogP contribution in [0.5, 0.6) is 0 Å². The second-order valence-electron chi connectivity index (χ2n) is 5.62. The summed E-state index contributed by atoms with van der Waals surface area (Å²) in [6, 6.07) is 6.86. The van der Waals surface area contributed by atoms with Gasteiger partial charge in [0.25, 0.3) is 0 Å². The molecule has 2 aromatic rings. The first-order valence-corrected chi connectivity index (χ1v) is 7.60. The number of nitrogens with zero attached hydrogens (tertiary/aromatic N) is 2. The van der Waals surface area contributed by atoms with Crippen molar-refractivity contribution >= 4 is 23.1 Å². The minimum Gasteiger partial charge on any atom is -0.444 e. The Labute approximate surface area is 132 Å². The Morgan fingerprint density at radius 2 is 2.00 bits per heavy atom. The van der Waals surface area contributed by atoms with Crippen molar-refractivity contribution < 1.29 is 9.53 Å². The van der Waals surface area contributed by atoms with Crippen LogP contribution in [0.4, 0.5) is 10.5 Å². The van der Waals surface area contributed by atoms with Gasteiger partial charge in [-0.1, -0.05) is 12.1 Å². The van der Waals surface area contributed by atoms with Gasteiger partial charge in [0, 0.05) is 10.9 Å². The number of nitrogens with one attached hydrogen (secondary N) is 1. The van der Waals surface area contributed by atoms with E-state index in [9.17, 15) is 9.70 Å². The van der Waals surface area contributed by atoms with E-state index in [2.05, 4.69) is 15.5 Å². The monoisotopic (exact) mass is 319 g/mol. The van der Waals surface area contributed by atoms with E-state index in [1.807, 2.05) is 26.2 Å². The molecule has 0 bridgehead atoms. The Kier molecular flexibility index (Phi) is 4.87. The number of thiazole rings is 1. The Hall–Kier alpha value is -2.28. The van der Waals surface area contributed by atoms with Crippen LogP contribution in [-0.2, 0) is 11.3 Å². The molecule has 2 rings (SSSR count). The molecule has 1 aromatic heterocycles. The Morgan fingerprint density at radius 3 is 2.59 bits per heavy atom. The number of aromatic nitrogens is 1. The van der Waals surface area contributed by atoms with E-state index in [-0.39, 0.29) is 0 Å². The van der Waals surface area contributed by atoms with E-state index >= 15 is 0 Å². The molecule has 0 unspecified atom stereocenters. The van der Waals surface area contributed by atoms with Gasteiger partial charge in [0.1, 0.15) is 16.3 Å². The molecule has 1 heterocycles. The fourth-order valence-electron chi connectivity index (χ4n) is 1.68. The number of nitroso groups, excluding NO2 is 1. The van der Waals surface area contributed by atoms with Crippen LogP contribution in [0.15, 0.2) is 34.8 Å². The molecule has 1 aromatic carbocycles. The summed E-state index contributed by atoms with van der Waals surface area (Å²) in [5, 5.41) is 8.20. The van der Waals surface area contributed by atoms with E-state index in [4.69, 9.17) is 4.74 Å². The van der Waals surface area contributed by atoms with Crippen LogP contribution >= 0.6 is 11.3 Å². The largest absolute Gasteiger partial charge is 0.444 e. The summed E-state index contributed by atoms with van der Waals surface area (Å²) in [6.45, 7) is 5.75. The number of hydrogen-bond donors (Lipinski definition) is 1. The molecule has 0 atom stereocenters. The number of alkyl carbamates (subject to hydrolysis) is 1. The highest BCUT2D eigenvalue weighted by Gasteiger charge is 2.16. The Bertz CT molecular complexity index is 659. The van der Waals surface area contributed by atoms with Gasteiger partial charge in [0.2, 0.25) is 0 Å². The molecule has 22 heavy (non-hydrogen) atoms. The lowest BCUT2D eigenvalue weighted by atomic mass is 10.1. The number of amides is 1. The van der Waals surface area contributed by atoms with Crippen LogP contribution in [0.2, 0.25) is 0 Å². The highest BCUT2D eigenvalue weighted by atomic mass is 32.1. The van der Waals surface area contributed by atoms with Crippen molar-refractivity contribution in [3.05, 3.63) is 39.6 Å². The predicted molar refractivity (Wildman–Crippen MR) is 86.1 cm³/mol. The summed E-state index contributed by atoms with van der Waals surface area (Å²) in [7, 11) is 0. The highest BCUT2D eigenvalue weighted by Crippen LogP contribution is 2.24. The molecule has 7 heteroatoms. The van der Waals surface area contributed by atoms with Crippen molar-refractivity contribution in [2.75, 3.05) is 0 Å². The molecule has 0 spiro atoms. The summed E-state index contributed by atoms with van der Waals surface area (Å²) in [5.74, 6) is 0. The van der Waals surface area contributed by atoms with Gasteiger partial charge in [0.15, 0.2) is 0 Å². The second kappa shape index (κ2) is 6.65. The van der Waals surface area contributed by atoms with Gasteiger partial charge in [-0.3, -0.25) is 0 Å².